The van der Waals surface area contributed by atoms with Crippen LogP contribution < -0.4 is 4.74 Å². The first-order valence-electron chi connectivity index (χ1n) is 6.75. The largest absolute Gasteiger partial charge is 0.488 e. The third kappa shape index (κ3) is 2.89. The zero-order valence-corrected chi connectivity index (χ0v) is 11.1. The van der Waals surface area contributed by atoms with Gasteiger partial charge < -0.3 is 9.47 Å². The molecular weight excluding hydrogens is 252 g/mol. The molecule has 1 aliphatic rings. The highest BCUT2D eigenvalue weighted by Gasteiger charge is 2.16. The van der Waals surface area contributed by atoms with E-state index in [1.54, 1.807) is 0 Å². The summed E-state index contributed by atoms with van der Waals surface area (Å²) in [6.07, 6.45) is 1.98. The van der Waals surface area contributed by atoms with Crippen LogP contribution >= 0.6 is 0 Å². The lowest BCUT2D eigenvalue weighted by Crippen LogP contribution is -2.15. The average Bonchev–Trinajstić information content (AvgIpc) is 3.01. The summed E-state index contributed by atoms with van der Waals surface area (Å²) in [5.41, 5.74) is 2.89. The van der Waals surface area contributed by atoms with Crippen LogP contribution in [-0.4, -0.2) is 25.6 Å². The predicted octanol–water partition coefficient (Wildman–Crippen LogP) is 3.33. The Morgan fingerprint density at radius 1 is 1.00 bits per heavy atom. The predicted molar refractivity (Wildman–Crippen MR) is 77.1 cm³/mol. The second kappa shape index (κ2) is 5.88. The molecule has 20 heavy (non-hydrogen) atoms. The fourth-order valence-electron chi connectivity index (χ4n) is 2.28. The van der Waals surface area contributed by atoms with Crippen molar-refractivity contribution in [1.29, 1.82) is 0 Å². The molecule has 102 valence electrons. The number of benzene rings is 2. The molecule has 0 aromatic heterocycles. The lowest BCUT2D eigenvalue weighted by molar-refractivity contribution is 0.112. The van der Waals surface area contributed by atoms with E-state index in [0.29, 0.717) is 12.2 Å². The van der Waals surface area contributed by atoms with Gasteiger partial charge in [-0.15, -0.1) is 0 Å². The van der Waals surface area contributed by atoms with Crippen LogP contribution in [0.25, 0.3) is 11.1 Å². The van der Waals surface area contributed by atoms with Crippen molar-refractivity contribution in [2.75, 3.05) is 13.2 Å². The van der Waals surface area contributed by atoms with Gasteiger partial charge in [-0.05, 0) is 23.3 Å². The highest BCUT2D eigenvalue weighted by atomic mass is 16.5. The molecule has 0 aliphatic carbocycles. The van der Waals surface area contributed by atoms with Crippen LogP contribution in [0.1, 0.15) is 16.8 Å². The Morgan fingerprint density at radius 3 is 2.20 bits per heavy atom. The SMILES string of the molecule is O=Cc1ccc(-c2ccc(O[C@@H]3CCOC3)cc2)cc1. The van der Waals surface area contributed by atoms with Gasteiger partial charge in [0, 0.05) is 12.0 Å². The van der Waals surface area contributed by atoms with Crippen LogP contribution in [0.15, 0.2) is 48.5 Å². The van der Waals surface area contributed by atoms with Crippen molar-refractivity contribution < 1.29 is 14.3 Å². The maximum atomic E-state index is 10.6. The summed E-state index contributed by atoms with van der Waals surface area (Å²) in [4.78, 5) is 10.6. The third-order valence-electron chi connectivity index (χ3n) is 3.43. The molecule has 1 aliphatic heterocycles. The highest BCUT2D eigenvalue weighted by Crippen LogP contribution is 2.24. The van der Waals surface area contributed by atoms with E-state index in [1.165, 1.54) is 0 Å². The molecule has 1 saturated heterocycles. The van der Waals surface area contributed by atoms with Crippen molar-refractivity contribution in [3.05, 3.63) is 54.1 Å². The number of carbonyl (C=O) groups is 1. The van der Waals surface area contributed by atoms with Crippen molar-refractivity contribution in [2.45, 2.75) is 12.5 Å². The summed E-state index contributed by atoms with van der Waals surface area (Å²) in [6, 6.07) is 15.5. The van der Waals surface area contributed by atoms with E-state index in [2.05, 4.69) is 0 Å². The van der Waals surface area contributed by atoms with Crippen LogP contribution in [0.4, 0.5) is 0 Å². The summed E-state index contributed by atoms with van der Waals surface area (Å²) < 4.78 is 11.1. The first-order valence-corrected chi connectivity index (χ1v) is 6.75. The standard InChI is InChI=1S/C17H16O3/c18-11-13-1-3-14(4-2-13)15-5-7-16(8-6-15)20-17-9-10-19-12-17/h1-8,11,17H,9-10,12H2/t17-/m1/s1. The number of hydrogen-bond donors (Lipinski definition) is 0. The van der Waals surface area contributed by atoms with Crippen molar-refractivity contribution in [2.24, 2.45) is 0 Å². The Labute approximate surface area is 118 Å². The summed E-state index contributed by atoms with van der Waals surface area (Å²) in [7, 11) is 0. The summed E-state index contributed by atoms with van der Waals surface area (Å²) in [5.74, 6) is 0.869. The fraction of sp³-hybridized carbons (Fsp3) is 0.235. The number of ether oxygens (including phenoxy) is 2. The van der Waals surface area contributed by atoms with Crippen molar-refractivity contribution >= 4 is 6.29 Å². The van der Waals surface area contributed by atoms with Gasteiger partial charge >= 0.3 is 0 Å². The van der Waals surface area contributed by atoms with Crippen LogP contribution in [0.5, 0.6) is 5.75 Å². The quantitative estimate of drug-likeness (QED) is 0.798. The number of aldehydes is 1. The minimum Gasteiger partial charge on any atom is -0.488 e. The molecule has 2 aromatic carbocycles. The Hall–Kier alpha value is -2.13. The molecule has 3 rings (SSSR count). The van der Waals surface area contributed by atoms with Gasteiger partial charge in [0.05, 0.1) is 13.2 Å². The summed E-state index contributed by atoms with van der Waals surface area (Å²) >= 11 is 0. The number of rotatable bonds is 4. The van der Waals surface area contributed by atoms with Crippen molar-refractivity contribution in [3.63, 3.8) is 0 Å². The van der Waals surface area contributed by atoms with E-state index in [4.69, 9.17) is 9.47 Å². The third-order valence-corrected chi connectivity index (χ3v) is 3.43. The van der Waals surface area contributed by atoms with Gasteiger partial charge in [0.2, 0.25) is 0 Å². The average molecular weight is 268 g/mol. The molecule has 0 radical (unpaired) electrons. The summed E-state index contributed by atoms with van der Waals surface area (Å²) in [6.45, 7) is 1.46. The van der Waals surface area contributed by atoms with E-state index in [9.17, 15) is 4.79 Å². The Morgan fingerprint density at radius 2 is 1.65 bits per heavy atom. The maximum Gasteiger partial charge on any atom is 0.150 e. The molecule has 0 spiro atoms. The molecule has 0 saturated carbocycles. The van der Waals surface area contributed by atoms with Gasteiger partial charge in [0.1, 0.15) is 18.1 Å². The molecule has 3 nitrogen and oxygen atoms in total. The minimum absolute atomic E-state index is 0.174. The van der Waals surface area contributed by atoms with E-state index in [1.807, 2.05) is 48.5 Å². The van der Waals surface area contributed by atoms with Crippen molar-refractivity contribution in [3.8, 4) is 16.9 Å². The monoisotopic (exact) mass is 268 g/mol. The highest BCUT2D eigenvalue weighted by molar-refractivity contribution is 5.76. The van der Waals surface area contributed by atoms with E-state index >= 15 is 0 Å². The molecule has 0 amide bonds. The molecule has 0 N–H and O–H groups in total. The lowest BCUT2D eigenvalue weighted by atomic mass is 10.0. The van der Waals surface area contributed by atoms with Gasteiger partial charge in [-0.1, -0.05) is 36.4 Å². The van der Waals surface area contributed by atoms with Crippen LogP contribution in [0.2, 0.25) is 0 Å². The second-order valence-electron chi connectivity index (χ2n) is 4.87. The smallest absolute Gasteiger partial charge is 0.150 e. The summed E-state index contributed by atoms with van der Waals surface area (Å²) in [5, 5.41) is 0. The molecule has 1 atom stereocenters. The second-order valence-corrected chi connectivity index (χ2v) is 4.87. The van der Waals surface area contributed by atoms with E-state index < -0.39 is 0 Å². The van der Waals surface area contributed by atoms with Crippen LogP contribution in [-0.2, 0) is 4.74 Å². The molecule has 3 heteroatoms. The molecule has 0 bridgehead atoms. The zero-order chi connectivity index (χ0) is 13.8. The Bertz CT molecular complexity index is 566. The maximum absolute atomic E-state index is 10.6. The van der Waals surface area contributed by atoms with Gasteiger partial charge in [0.25, 0.3) is 0 Å². The van der Waals surface area contributed by atoms with E-state index in [-0.39, 0.29) is 6.10 Å². The fourth-order valence-corrected chi connectivity index (χ4v) is 2.28. The molecule has 1 fully saturated rings. The number of hydrogen-bond acceptors (Lipinski definition) is 3. The zero-order valence-electron chi connectivity index (χ0n) is 11.1. The minimum atomic E-state index is 0.174. The molecule has 0 unspecified atom stereocenters. The van der Waals surface area contributed by atoms with Crippen molar-refractivity contribution in [1.82, 2.24) is 0 Å². The van der Waals surface area contributed by atoms with Gasteiger partial charge in [-0.2, -0.15) is 0 Å². The first kappa shape index (κ1) is 12.9. The molecule has 1 heterocycles. The van der Waals surface area contributed by atoms with Gasteiger partial charge in [-0.3, -0.25) is 4.79 Å². The lowest BCUT2D eigenvalue weighted by Gasteiger charge is -2.12. The normalized spacial score (nSPS) is 17.9. The van der Waals surface area contributed by atoms with Gasteiger partial charge in [-0.25, -0.2) is 0 Å². The Kier molecular flexibility index (Phi) is 3.79. The van der Waals surface area contributed by atoms with E-state index in [0.717, 1.165) is 36.2 Å². The van der Waals surface area contributed by atoms with Crippen LogP contribution in [0.3, 0.4) is 0 Å². The Balaban J connectivity index is 1.72. The van der Waals surface area contributed by atoms with Crippen LogP contribution in [0, 0.1) is 0 Å². The molecular formula is C17H16O3. The topological polar surface area (TPSA) is 35.5 Å². The molecule has 2 aromatic rings. The van der Waals surface area contributed by atoms with Gasteiger partial charge in [0.15, 0.2) is 0 Å². The number of carbonyl (C=O) groups excluding carboxylic acids is 1. The first-order chi connectivity index (χ1) is 9.85.